The molecule has 0 aromatic heterocycles. The van der Waals surface area contributed by atoms with Crippen LogP contribution in [0.2, 0.25) is 0 Å². The van der Waals surface area contributed by atoms with E-state index in [-0.39, 0.29) is 11.7 Å². The van der Waals surface area contributed by atoms with E-state index in [1.807, 2.05) is 25.7 Å². The van der Waals surface area contributed by atoms with Gasteiger partial charge in [-0.25, -0.2) is 4.79 Å². The van der Waals surface area contributed by atoms with Crippen LogP contribution in [0.5, 0.6) is 0 Å². The predicted molar refractivity (Wildman–Crippen MR) is 94.1 cm³/mol. The largest absolute Gasteiger partial charge is 0.481 e. The Morgan fingerprint density at radius 3 is 2.00 bits per heavy atom. The van der Waals surface area contributed by atoms with Crippen LogP contribution in [0.15, 0.2) is 0 Å². The fourth-order valence-electron chi connectivity index (χ4n) is 3.27. The number of hydrogen-bond donors (Lipinski definition) is 2. The Morgan fingerprint density at radius 2 is 1.54 bits per heavy atom. The molecule has 2 aliphatic rings. The first-order chi connectivity index (χ1) is 11.2. The van der Waals surface area contributed by atoms with Gasteiger partial charge in [-0.2, -0.15) is 0 Å². The maximum atomic E-state index is 12.0. The van der Waals surface area contributed by atoms with Crippen LogP contribution in [0.25, 0.3) is 0 Å². The van der Waals surface area contributed by atoms with Gasteiger partial charge < -0.3 is 20.1 Å². The molecule has 0 radical (unpaired) electrons. The Balaban J connectivity index is 0.000000648. The fourth-order valence-corrected chi connectivity index (χ4v) is 3.27. The van der Waals surface area contributed by atoms with Crippen molar-refractivity contribution in [3.63, 3.8) is 0 Å². The van der Waals surface area contributed by atoms with Crippen molar-refractivity contribution in [2.45, 2.75) is 65.4 Å². The lowest BCUT2D eigenvalue weighted by molar-refractivity contribution is -0.134. The summed E-state index contributed by atoms with van der Waals surface area (Å²) in [7, 11) is 0. The normalized spacial score (nSPS) is 20.1. The molecule has 2 N–H and O–H groups in total. The summed E-state index contributed by atoms with van der Waals surface area (Å²) < 4.78 is 5.44. The third-order valence-corrected chi connectivity index (χ3v) is 4.39. The van der Waals surface area contributed by atoms with Gasteiger partial charge in [-0.05, 0) is 77.8 Å². The van der Waals surface area contributed by atoms with E-state index in [4.69, 9.17) is 14.6 Å². The number of nitrogens with zero attached hydrogens (tertiary/aromatic N) is 1. The maximum Gasteiger partial charge on any atom is 0.410 e. The molecule has 2 heterocycles. The first-order valence-corrected chi connectivity index (χ1v) is 9.05. The highest BCUT2D eigenvalue weighted by Gasteiger charge is 2.28. The van der Waals surface area contributed by atoms with Gasteiger partial charge in [0, 0.05) is 20.0 Å². The molecule has 0 bridgehead atoms. The number of carboxylic acid groups (broad SMARTS) is 1. The predicted octanol–water partition coefficient (Wildman–Crippen LogP) is 3.11. The summed E-state index contributed by atoms with van der Waals surface area (Å²) in [5, 5.41) is 10.8. The molecule has 0 atom stereocenters. The minimum absolute atomic E-state index is 0.141. The van der Waals surface area contributed by atoms with Gasteiger partial charge in [-0.15, -0.1) is 0 Å². The van der Waals surface area contributed by atoms with E-state index in [1.165, 1.54) is 32.4 Å². The number of nitrogens with one attached hydrogen (secondary N) is 1. The van der Waals surface area contributed by atoms with Crippen molar-refractivity contribution < 1.29 is 19.4 Å². The van der Waals surface area contributed by atoms with Gasteiger partial charge in [-0.1, -0.05) is 0 Å². The van der Waals surface area contributed by atoms with E-state index >= 15 is 0 Å². The van der Waals surface area contributed by atoms with Crippen molar-refractivity contribution in [3.05, 3.63) is 0 Å². The number of piperidine rings is 2. The molecule has 2 saturated heterocycles. The zero-order valence-electron chi connectivity index (χ0n) is 15.6. The molecule has 0 aliphatic carbocycles. The number of likely N-dealkylation sites (tertiary alicyclic amines) is 1. The Hall–Kier alpha value is -1.30. The fraction of sp³-hybridized carbons (Fsp3) is 0.889. The summed E-state index contributed by atoms with van der Waals surface area (Å²) in [5.41, 5.74) is -0.386. The van der Waals surface area contributed by atoms with Crippen molar-refractivity contribution in [2.24, 2.45) is 11.8 Å². The summed E-state index contributed by atoms with van der Waals surface area (Å²) in [6, 6.07) is 0. The van der Waals surface area contributed by atoms with Crippen LogP contribution in [-0.4, -0.2) is 53.8 Å². The molecule has 2 aliphatic heterocycles. The van der Waals surface area contributed by atoms with E-state index in [2.05, 4.69) is 5.32 Å². The van der Waals surface area contributed by atoms with Crippen LogP contribution in [-0.2, 0) is 9.53 Å². The number of carboxylic acids is 1. The van der Waals surface area contributed by atoms with Gasteiger partial charge in [0.15, 0.2) is 0 Å². The van der Waals surface area contributed by atoms with Crippen LogP contribution in [0.4, 0.5) is 4.79 Å². The summed E-state index contributed by atoms with van der Waals surface area (Å²) in [4.78, 5) is 22.9. The van der Waals surface area contributed by atoms with Crippen molar-refractivity contribution >= 4 is 12.1 Å². The highest BCUT2D eigenvalue weighted by molar-refractivity contribution is 5.68. The lowest BCUT2D eigenvalue weighted by Gasteiger charge is -2.35. The SMILES string of the molecule is CC(=O)O.CC(C)(C)OC(=O)N1CCC(CC2CCNCC2)CC1. The maximum absolute atomic E-state index is 12.0. The molecule has 0 unspecified atom stereocenters. The topological polar surface area (TPSA) is 78.9 Å². The van der Waals surface area contributed by atoms with E-state index in [9.17, 15) is 4.79 Å². The smallest absolute Gasteiger partial charge is 0.410 e. The molecule has 1 amide bonds. The summed E-state index contributed by atoms with van der Waals surface area (Å²) in [6.07, 6.45) is 6.15. The van der Waals surface area contributed by atoms with Gasteiger partial charge in [0.25, 0.3) is 5.97 Å². The molecule has 2 fully saturated rings. The van der Waals surface area contributed by atoms with Crippen LogP contribution < -0.4 is 5.32 Å². The highest BCUT2D eigenvalue weighted by Crippen LogP contribution is 2.28. The average Bonchev–Trinajstić information content (AvgIpc) is 2.46. The summed E-state index contributed by atoms with van der Waals surface area (Å²) in [5.74, 6) is 0.867. The van der Waals surface area contributed by atoms with Gasteiger partial charge in [-0.3, -0.25) is 4.79 Å². The number of hydrogen-bond acceptors (Lipinski definition) is 4. The second-order valence-corrected chi connectivity index (χ2v) is 7.86. The number of amides is 1. The molecular formula is C18H34N2O4. The van der Waals surface area contributed by atoms with Gasteiger partial charge in [0.2, 0.25) is 0 Å². The molecule has 6 nitrogen and oxygen atoms in total. The number of rotatable bonds is 2. The lowest BCUT2D eigenvalue weighted by atomic mass is 9.83. The third-order valence-electron chi connectivity index (χ3n) is 4.39. The van der Waals surface area contributed by atoms with Crippen LogP contribution in [0.1, 0.15) is 59.8 Å². The Labute approximate surface area is 145 Å². The molecule has 140 valence electrons. The van der Waals surface area contributed by atoms with Gasteiger partial charge in [0.1, 0.15) is 5.60 Å². The summed E-state index contributed by atoms with van der Waals surface area (Å²) >= 11 is 0. The summed E-state index contributed by atoms with van der Waals surface area (Å²) in [6.45, 7) is 11.0. The van der Waals surface area contributed by atoms with Crippen molar-refractivity contribution in [1.82, 2.24) is 10.2 Å². The molecule has 2 rings (SSSR count). The van der Waals surface area contributed by atoms with Crippen LogP contribution in [0, 0.1) is 11.8 Å². The number of carbonyl (C=O) groups is 2. The molecule has 0 aromatic rings. The monoisotopic (exact) mass is 342 g/mol. The second-order valence-electron chi connectivity index (χ2n) is 7.86. The molecular weight excluding hydrogens is 308 g/mol. The average molecular weight is 342 g/mol. The van der Waals surface area contributed by atoms with E-state index in [0.717, 1.165) is 44.7 Å². The molecule has 0 saturated carbocycles. The van der Waals surface area contributed by atoms with Crippen molar-refractivity contribution in [1.29, 1.82) is 0 Å². The van der Waals surface area contributed by atoms with Gasteiger partial charge >= 0.3 is 6.09 Å². The zero-order chi connectivity index (χ0) is 18.2. The van der Waals surface area contributed by atoms with Crippen molar-refractivity contribution in [3.8, 4) is 0 Å². The quantitative estimate of drug-likeness (QED) is 0.806. The zero-order valence-corrected chi connectivity index (χ0v) is 15.6. The number of carbonyl (C=O) groups excluding carboxylic acids is 1. The van der Waals surface area contributed by atoms with Crippen LogP contribution >= 0.6 is 0 Å². The van der Waals surface area contributed by atoms with E-state index < -0.39 is 5.97 Å². The Kier molecular flexibility index (Phi) is 8.53. The highest BCUT2D eigenvalue weighted by atomic mass is 16.6. The second kappa shape index (κ2) is 9.87. The van der Waals surface area contributed by atoms with E-state index in [1.54, 1.807) is 0 Å². The molecule has 0 aromatic carbocycles. The minimum atomic E-state index is -0.833. The van der Waals surface area contributed by atoms with E-state index in [0.29, 0.717) is 0 Å². The number of ether oxygens (including phenoxy) is 1. The van der Waals surface area contributed by atoms with Gasteiger partial charge in [0.05, 0.1) is 0 Å². The number of aliphatic carboxylic acids is 1. The lowest BCUT2D eigenvalue weighted by Crippen LogP contribution is -2.42. The third kappa shape index (κ3) is 9.11. The standard InChI is InChI=1S/C16H30N2O2.C2H4O2/c1-16(2,3)20-15(19)18-10-6-14(7-11-18)12-13-4-8-17-9-5-13;1-2(3)4/h13-14,17H,4-12H2,1-3H3;1H3,(H,3,4). The Morgan fingerprint density at radius 1 is 1.08 bits per heavy atom. The molecule has 24 heavy (non-hydrogen) atoms. The first kappa shape index (κ1) is 20.7. The molecule has 0 spiro atoms. The Bertz CT molecular complexity index is 388. The van der Waals surface area contributed by atoms with Crippen LogP contribution in [0.3, 0.4) is 0 Å². The minimum Gasteiger partial charge on any atom is -0.481 e. The molecule has 6 heteroatoms. The van der Waals surface area contributed by atoms with Crippen molar-refractivity contribution in [2.75, 3.05) is 26.2 Å². The first-order valence-electron chi connectivity index (χ1n) is 9.05.